The minimum absolute atomic E-state index is 0.118. The molecule has 1 aromatic carbocycles. The fourth-order valence-corrected chi connectivity index (χ4v) is 5.71. The van der Waals surface area contributed by atoms with Gasteiger partial charge in [-0.2, -0.15) is 23.0 Å². The molecule has 3 saturated heterocycles. The van der Waals surface area contributed by atoms with Crippen LogP contribution in [0.15, 0.2) is 24.4 Å². The molecule has 5 rings (SSSR count). The summed E-state index contributed by atoms with van der Waals surface area (Å²) >= 11 is 5.85. The lowest BCUT2D eigenvalue weighted by atomic mass is 10.0. The van der Waals surface area contributed by atoms with Crippen molar-refractivity contribution in [1.82, 2.24) is 19.6 Å². The monoisotopic (exact) mass is 511 g/mol. The third-order valence-electron chi connectivity index (χ3n) is 7.16. The van der Waals surface area contributed by atoms with Gasteiger partial charge in [-0.05, 0) is 42.4 Å². The average molecular weight is 512 g/mol. The molecule has 8 nitrogen and oxygen atoms in total. The van der Waals surface area contributed by atoms with Gasteiger partial charge in [-0.15, -0.1) is 0 Å². The summed E-state index contributed by atoms with van der Waals surface area (Å²) in [6, 6.07) is 4.20. The fourth-order valence-electron chi connectivity index (χ4n) is 5.50. The molecule has 2 aromatic rings. The molecule has 4 heterocycles. The number of fused-ring (bicyclic) bond motifs is 1. The number of aromatic carboxylic acids is 1. The van der Waals surface area contributed by atoms with Crippen LogP contribution in [0.3, 0.4) is 0 Å². The lowest BCUT2D eigenvalue weighted by molar-refractivity contribution is -0.138. The van der Waals surface area contributed by atoms with Crippen molar-refractivity contribution in [3.05, 3.63) is 46.2 Å². The molecule has 0 radical (unpaired) electrons. The fraction of sp³-hybridized carbons (Fsp3) is 0.522. The van der Waals surface area contributed by atoms with Crippen molar-refractivity contribution >= 4 is 29.3 Å². The smallest absolute Gasteiger partial charge is 0.416 e. The van der Waals surface area contributed by atoms with Crippen LogP contribution in [-0.4, -0.2) is 76.0 Å². The van der Waals surface area contributed by atoms with E-state index in [1.165, 1.54) is 12.3 Å². The van der Waals surface area contributed by atoms with Crippen molar-refractivity contribution in [3.63, 3.8) is 0 Å². The van der Waals surface area contributed by atoms with E-state index >= 15 is 0 Å². The largest absolute Gasteiger partial charge is 0.476 e. The van der Waals surface area contributed by atoms with Gasteiger partial charge in [-0.25, -0.2) is 9.59 Å². The first-order chi connectivity index (χ1) is 16.6. The highest BCUT2D eigenvalue weighted by Gasteiger charge is 2.43. The SMILES string of the molecule is O=C(O)c1nn(C(=O)N2CC3CN(Cc4ccc(N5CCCC5)cc4C(F)(F)F)CC3C2)cc1Cl. The number of anilines is 1. The predicted molar refractivity (Wildman–Crippen MR) is 122 cm³/mol. The van der Waals surface area contributed by atoms with Gasteiger partial charge in [0.25, 0.3) is 0 Å². The number of hydrogen-bond acceptors (Lipinski definition) is 5. The summed E-state index contributed by atoms with van der Waals surface area (Å²) in [7, 11) is 0. The Kier molecular flexibility index (Phi) is 6.16. The summed E-state index contributed by atoms with van der Waals surface area (Å²) in [5.74, 6) is -1.06. The zero-order valence-electron chi connectivity index (χ0n) is 18.8. The number of halogens is 4. The van der Waals surface area contributed by atoms with Gasteiger partial charge in [0.1, 0.15) is 0 Å². The highest BCUT2D eigenvalue weighted by atomic mass is 35.5. The van der Waals surface area contributed by atoms with Gasteiger partial charge in [0.2, 0.25) is 0 Å². The molecule has 2 atom stereocenters. The number of carboxylic acid groups (broad SMARTS) is 1. The van der Waals surface area contributed by atoms with E-state index in [9.17, 15) is 22.8 Å². The summed E-state index contributed by atoms with van der Waals surface area (Å²) in [5.41, 5.74) is -0.0844. The molecule has 0 bridgehead atoms. The molecule has 0 saturated carbocycles. The standard InChI is InChI=1S/C23H25ClF3N5O3/c24-19-13-32(28-20(19)21(33)34)22(35)31-11-15-9-29(10-16(15)12-31)8-14-3-4-17(30-5-1-2-6-30)7-18(14)23(25,26)27/h3-4,7,13,15-16H,1-2,5-6,8-12H2,(H,33,34). The van der Waals surface area contributed by atoms with Crippen LogP contribution in [0.4, 0.5) is 23.7 Å². The highest BCUT2D eigenvalue weighted by molar-refractivity contribution is 6.33. The Balaban J connectivity index is 1.24. The molecular formula is C23H25ClF3N5O3. The van der Waals surface area contributed by atoms with E-state index in [1.54, 1.807) is 17.0 Å². The second kappa shape index (κ2) is 9.02. The van der Waals surface area contributed by atoms with Gasteiger partial charge in [0.15, 0.2) is 5.69 Å². The quantitative estimate of drug-likeness (QED) is 0.671. The van der Waals surface area contributed by atoms with E-state index in [0.717, 1.165) is 30.6 Å². The molecule has 12 heteroatoms. The van der Waals surface area contributed by atoms with Crippen molar-refractivity contribution in [2.24, 2.45) is 11.8 Å². The first kappa shape index (κ1) is 23.9. The van der Waals surface area contributed by atoms with Crippen LogP contribution in [0.5, 0.6) is 0 Å². The Bertz CT molecular complexity index is 1130. The number of aromatic nitrogens is 2. The van der Waals surface area contributed by atoms with E-state index in [2.05, 4.69) is 5.10 Å². The topological polar surface area (TPSA) is 81.9 Å². The lowest BCUT2D eigenvalue weighted by Gasteiger charge is -2.24. The third-order valence-corrected chi connectivity index (χ3v) is 7.44. The Morgan fingerprint density at radius 2 is 1.74 bits per heavy atom. The van der Waals surface area contributed by atoms with Crippen LogP contribution >= 0.6 is 11.6 Å². The maximum Gasteiger partial charge on any atom is 0.416 e. The van der Waals surface area contributed by atoms with E-state index in [1.807, 2.05) is 9.80 Å². The summed E-state index contributed by atoms with van der Waals surface area (Å²) in [4.78, 5) is 29.5. The number of amides is 1. The van der Waals surface area contributed by atoms with E-state index in [4.69, 9.17) is 16.7 Å². The second-order valence-corrected chi connectivity index (χ2v) is 9.92. The number of likely N-dealkylation sites (tertiary alicyclic amines) is 2. The maximum atomic E-state index is 13.9. The summed E-state index contributed by atoms with van der Waals surface area (Å²) < 4.78 is 42.5. The minimum Gasteiger partial charge on any atom is -0.476 e. The normalized spacial score (nSPS) is 22.7. The molecule has 35 heavy (non-hydrogen) atoms. The highest BCUT2D eigenvalue weighted by Crippen LogP contribution is 2.38. The van der Waals surface area contributed by atoms with Gasteiger partial charge in [-0.1, -0.05) is 17.7 Å². The predicted octanol–water partition coefficient (Wildman–Crippen LogP) is 3.89. The molecule has 1 N–H and O–H groups in total. The number of carboxylic acids is 1. The number of benzene rings is 1. The van der Waals surface area contributed by atoms with E-state index < -0.39 is 23.7 Å². The first-order valence-electron chi connectivity index (χ1n) is 11.6. The van der Waals surface area contributed by atoms with Gasteiger partial charge in [0.05, 0.1) is 16.8 Å². The van der Waals surface area contributed by atoms with Crippen molar-refractivity contribution in [1.29, 1.82) is 0 Å². The molecule has 2 unspecified atom stereocenters. The molecule has 0 spiro atoms. The van der Waals surface area contributed by atoms with E-state index in [0.29, 0.717) is 31.9 Å². The van der Waals surface area contributed by atoms with Crippen molar-refractivity contribution in [3.8, 4) is 0 Å². The molecule has 3 fully saturated rings. The number of rotatable bonds is 4. The number of carbonyl (C=O) groups is 2. The number of nitrogens with zero attached hydrogens (tertiary/aromatic N) is 5. The molecule has 0 aliphatic carbocycles. The van der Waals surface area contributed by atoms with Crippen molar-refractivity contribution in [2.45, 2.75) is 25.6 Å². The molecule has 3 aliphatic heterocycles. The van der Waals surface area contributed by atoms with Crippen LogP contribution in [0.1, 0.15) is 34.5 Å². The van der Waals surface area contributed by atoms with Crippen LogP contribution in [0.2, 0.25) is 5.02 Å². The maximum absolute atomic E-state index is 13.9. The first-order valence-corrected chi connectivity index (χ1v) is 11.9. The number of carbonyl (C=O) groups excluding carboxylic acids is 1. The Morgan fingerprint density at radius 1 is 1.09 bits per heavy atom. The van der Waals surface area contributed by atoms with Crippen LogP contribution < -0.4 is 4.90 Å². The number of alkyl halides is 3. The summed E-state index contributed by atoms with van der Waals surface area (Å²) in [6.07, 6.45) is -1.26. The molecular weight excluding hydrogens is 487 g/mol. The van der Waals surface area contributed by atoms with Crippen LogP contribution in [0.25, 0.3) is 0 Å². The van der Waals surface area contributed by atoms with E-state index in [-0.39, 0.29) is 34.7 Å². The van der Waals surface area contributed by atoms with Gasteiger partial charge in [-0.3, -0.25) is 4.90 Å². The zero-order chi connectivity index (χ0) is 24.9. The summed E-state index contributed by atoms with van der Waals surface area (Å²) in [5, 5.41) is 12.7. The number of hydrogen-bond donors (Lipinski definition) is 1. The average Bonchev–Trinajstić information content (AvgIpc) is 3.56. The van der Waals surface area contributed by atoms with Gasteiger partial charge in [0, 0.05) is 51.5 Å². The second-order valence-electron chi connectivity index (χ2n) is 9.51. The molecule has 1 amide bonds. The molecule has 1 aromatic heterocycles. The van der Waals surface area contributed by atoms with Gasteiger partial charge >= 0.3 is 18.2 Å². The third kappa shape index (κ3) is 4.71. The Hall–Kier alpha value is -2.79. The van der Waals surface area contributed by atoms with Crippen LogP contribution in [-0.2, 0) is 12.7 Å². The van der Waals surface area contributed by atoms with Gasteiger partial charge < -0.3 is 14.9 Å². The molecule has 3 aliphatic rings. The van der Waals surface area contributed by atoms with Crippen molar-refractivity contribution < 1.29 is 27.9 Å². The summed E-state index contributed by atoms with van der Waals surface area (Å²) in [6.45, 7) is 3.79. The zero-order valence-corrected chi connectivity index (χ0v) is 19.6. The lowest BCUT2D eigenvalue weighted by Crippen LogP contribution is -2.36. The Labute approximate surface area is 204 Å². The minimum atomic E-state index is -4.43. The van der Waals surface area contributed by atoms with Crippen LogP contribution in [0, 0.1) is 11.8 Å². The Morgan fingerprint density at radius 3 is 2.31 bits per heavy atom. The molecule has 188 valence electrons. The van der Waals surface area contributed by atoms with Crippen molar-refractivity contribution in [2.75, 3.05) is 44.2 Å².